The van der Waals surface area contributed by atoms with Gasteiger partial charge in [0.1, 0.15) is 17.3 Å². The molecule has 0 aliphatic heterocycles. The minimum atomic E-state index is -0.486. The Hall–Kier alpha value is -2.38. The number of nitro benzene ring substituents is 1. The number of pyridine rings is 1. The number of nitrogens with zero attached hydrogens (tertiary/aromatic N) is 2. The number of aliphatic hydroxyl groups excluding tert-OH is 1. The molecular weight excluding hydrogens is 310 g/mol. The summed E-state index contributed by atoms with van der Waals surface area (Å²) in [4.78, 5) is 14.5. The molecule has 1 aromatic heterocycles. The van der Waals surface area contributed by atoms with Gasteiger partial charge in [-0.1, -0.05) is 11.6 Å². The van der Waals surface area contributed by atoms with Crippen LogP contribution >= 0.6 is 11.6 Å². The highest BCUT2D eigenvalue weighted by Crippen LogP contribution is 2.25. The molecule has 0 saturated heterocycles. The Morgan fingerprint density at radius 3 is 2.91 bits per heavy atom. The predicted octanol–water partition coefficient (Wildman–Crippen LogP) is 2.63. The Balaban J connectivity index is 1.96. The van der Waals surface area contributed by atoms with Crippen molar-refractivity contribution in [2.75, 3.05) is 18.5 Å². The highest BCUT2D eigenvalue weighted by Gasteiger charge is 2.13. The van der Waals surface area contributed by atoms with Crippen LogP contribution < -0.4 is 10.1 Å². The first-order valence-corrected chi connectivity index (χ1v) is 6.85. The van der Waals surface area contributed by atoms with Crippen LogP contribution in [0.4, 0.5) is 11.4 Å². The molecule has 116 valence electrons. The molecule has 1 heterocycles. The molecule has 0 amide bonds. The second-order valence-corrected chi connectivity index (χ2v) is 4.74. The molecule has 0 fully saturated rings. The van der Waals surface area contributed by atoms with Gasteiger partial charge >= 0.3 is 0 Å². The molecule has 0 aliphatic carbocycles. The van der Waals surface area contributed by atoms with E-state index in [4.69, 9.17) is 21.4 Å². The van der Waals surface area contributed by atoms with Crippen LogP contribution in [0.25, 0.3) is 0 Å². The van der Waals surface area contributed by atoms with Gasteiger partial charge in [0.05, 0.1) is 11.5 Å². The molecule has 0 atom stereocenters. The number of anilines is 1. The molecule has 0 bridgehead atoms. The van der Waals surface area contributed by atoms with Gasteiger partial charge in [0.25, 0.3) is 5.69 Å². The Labute approximate surface area is 131 Å². The van der Waals surface area contributed by atoms with Gasteiger partial charge in [-0.3, -0.25) is 10.1 Å². The first-order valence-electron chi connectivity index (χ1n) is 6.47. The zero-order chi connectivity index (χ0) is 15.9. The minimum absolute atomic E-state index is 0.0620. The highest BCUT2D eigenvalue weighted by molar-refractivity contribution is 6.31. The summed E-state index contributed by atoms with van der Waals surface area (Å²) in [6.45, 7) is 0.368. The topological polar surface area (TPSA) is 97.5 Å². The highest BCUT2D eigenvalue weighted by atomic mass is 35.5. The van der Waals surface area contributed by atoms with Crippen molar-refractivity contribution >= 4 is 23.0 Å². The van der Waals surface area contributed by atoms with Gasteiger partial charge in [-0.25, -0.2) is 4.98 Å². The molecule has 0 radical (unpaired) electrons. The molecule has 2 rings (SSSR count). The maximum Gasteiger partial charge on any atom is 0.292 e. The largest absolute Gasteiger partial charge is 0.475 e. The van der Waals surface area contributed by atoms with Gasteiger partial charge in [-0.15, -0.1) is 0 Å². The summed E-state index contributed by atoms with van der Waals surface area (Å²) in [5, 5.41) is 23.4. The molecule has 1 aromatic carbocycles. The number of rotatable bonds is 7. The summed E-state index contributed by atoms with van der Waals surface area (Å²) in [5.74, 6) is 0.310. The molecule has 2 N–H and O–H groups in total. The fourth-order valence-corrected chi connectivity index (χ4v) is 1.97. The van der Waals surface area contributed by atoms with Crippen molar-refractivity contribution in [3.8, 4) is 5.88 Å². The standard InChI is InChI=1S/C14H14ClN3O4/c15-11-2-1-5-17-14(11)22-7-6-16-12-8-10(9-19)3-4-13(12)18(20)21/h1-5,8,16,19H,6-7,9H2. The minimum Gasteiger partial charge on any atom is -0.475 e. The van der Waals surface area contributed by atoms with Crippen LogP contribution in [0.15, 0.2) is 36.5 Å². The van der Waals surface area contributed by atoms with Crippen LogP contribution in [0.5, 0.6) is 5.88 Å². The van der Waals surface area contributed by atoms with Crippen LogP contribution in [0.3, 0.4) is 0 Å². The van der Waals surface area contributed by atoms with Crippen molar-refractivity contribution < 1.29 is 14.8 Å². The molecule has 0 unspecified atom stereocenters. The summed E-state index contributed by atoms with van der Waals surface area (Å²) < 4.78 is 5.39. The van der Waals surface area contributed by atoms with E-state index >= 15 is 0 Å². The van der Waals surface area contributed by atoms with Gasteiger partial charge in [0.15, 0.2) is 0 Å². The normalized spacial score (nSPS) is 10.3. The van der Waals surface area contributed by atoms with Crippen LogP contribution in [0.2, 0.25) is 5.02 Å². The monoisotopic (exact) mass is 323 g/mol. The number of hydrogen-bond acceptors (Lipinski definition) is 6. The molecule has 2 aromatic rings. The van der Waals surface area contributed by atoms with E-state index in [0.29, 0.717) is 28.7 Å². The Bertz CT molecular complexity index is 666. The number of benzene rings is 1. The fourth-order valence-electron chi connectivity index (χ4n) is 1.79. The van der Waals surface area contributed by atoms with Crippen LogP contribution in [-0.4, -0.2) is 28.2 Å². The Kier molecular flexibility index (Phi) is 5.51. The van der Waals surface area contributed by atoms with Crippen molar-refractivity contribution in [2.45, 2.75) is 6.61 Å². The Morgan fingerprint density at radius 1 is 1.41 bits per heavy atom. The van der Waals surface area contributed by atoms with Gasteiger partial charge in [0.2, 0.25) is 5.88 Å². The van der Waals surface area contributed by atoms with Crippen molar-refractivity contribution in [1.29, 1.82) is 0 Å². The first kappa shape index (κ1) is 16.0. The molecule has 0 spiro atoms. The zero-order valence-electron chi connectivity index (χ0n) is 11.5. The van der Waals surface area contributed by atoms with E-state index in [1.165, 1.54) is 18.2 Å². The van der Waals surface area contributed by atoms with E-state index in [-0.39, 0.29) is 18.9 Å². The van der Waals surface area contributed by atoms with Gasteiger partial charge < -0.3 is 15.2 Å². The van der Waals surface area contributed by atoms with Crippen molar-refractivity contribution in [3.63, 3.8) is 0 Å². The lowest BCUT2D eigenvalue weighted by atomic mass is 10.2. The van der Waals surface area contributed by atoms with E-state index in [2.05, 4.69) is 10.3 Å². The lowest BCUT2D eigenvalue weighted by Gasteiger charge is -2.10. The second kappa shape index (κ2) is 7.58. The van der Waals surface area contributed by atoms with Gasteiger partial charge in [-0.05, 0) is 29.8 Å². The summed E-state index contributed by atoms with van der Waals surface area (Å²) in [6.07, 6.45) is 1.56. The van der Waals surface area contributed by atoms with Gasteiger partial charge in [-0.2, -0.15) is 0 Å². The van der Waals surface area contributed by atoms with E-state index in [9.17, 15) is 10.1 Å². The lowest BCUT2D eigenvalue weighted by Crippen LogP contribution is -2.13. The number of aliphatic hydroxyl groups is 1. The van der Waals surface area contributed by atoms with E-state index in [1.54, 1.807) is 18.3 Å². The number of ether oxygens (including phenoxy) is 1. The first-order chi connectivity index (χ1) is 10.6. The third-order valence-electron chi connectivity index (χ3n) is 2.82. The SMILES string of the molecule is O=[N+]([O-])c1ccc(CO)cc1NCCOc1ncccc1Cl. The second-order valence-electron chi connectivity index (χ2n) is 4.33. The average molecular weight is 324 g/mol. The van der Waals surface area contributed by atoms with E-state index < -0.39 is 4.92 Å². The maximum absolute atomic E-state index is 11.0. The molecule has 7 nitrogen and oxygen atoms in total. The molecule has 8 heteroatoms. The van der Waals surface area contributed by atoms with Crippen molar-refractivity contribution in [2.24, 2.45) is 0 Å². The molecular formula is C14H14ClN3O4. The third kappa shape index (κ3) is 4.06. The van der Waals surface area contributed by atoms with E-state index in [0.717, 1.165) is 0 Å². The average Bonchev–Trinajstić information content (AvgIpc) is 2.52. The number of nitro groups is 1. The number of hydrogen-bond donors (Lipinski definition) is 2. The molecule has 22 heavy (non-hydrogen) atoms. The predicted molar refractivity (Wildman–Crippen MR) is 82.3 cm³/mol. The molecule has 0 aliphatic rings. The third-order valence-corrected chi connectivity index (χ3v) is 3.11. The van der Waals surface area contributed by atoms with E-state index in [1.807, 2.05) is 0 Å². The summed E-state index contributed by atoms with van der Waals surface area (Å²) in [5.41, 5.74) is 0.849. The zero-order valence-corrected chi connectivity index (χ0v) is 12.3. The quantitative estimate of drug-likeness (QED) is 0.462. The summed E-state index contributed by atoms with van der Waals surface area (Å²) in [6, 6.07) is 7.74. The molecule has 0 saturated carbocycles. The van der Waals surface area contributed by atoms with Crippen molar-refractivity contribution in [1.82, 2.24) is 4.98 Å². The lowest BCUT2D eigenvalue weighted by molar-refractivity contribution is -0.384. The van der Waals surface area contributed by atoms with Gasteiger partial charge in [0, 0.05) is 18.8 Å². The van der Waals surface area contributed by atoms with Crippen LogP contribution in [0.1, 0.15) is 5.56 Å². The van der Waals surface area contributed by atoms with Crippen molar-refractivity contribution in [3.05, 3.63) is 57.2 Å². The fraction of sp³-hybridized carbons (Fsp3) is 0.214. The van der Waals surface area contributed by atoms with Crippen LogP contribution in [-0.2, 0) is 6.61 Å². The number of nitrogens with one attached hydrogen (secondary N) is 1. The Morgan fingerprint density at radius 2 is 2.23 bits per heavy atom. The van der Waals surface area contributed by atoms with Crippen LogP contribution in [0, 0.1) is 10.1 Å². The summed E-state index contributed by atoms with van der Waals surface area (Å²) in [7, 11) is 0. The number of halogens is 1. The maximum atomic E-state index is 11.0. The summed E-state index contributed by atoms with van der Waals surface area (Å²) >= 11 is 5.90. The number of aromatic nitrogens is 1. The smallest absolute Gasteiger partial charge is 0.292 e.